The summed E-state index contributed by atoms with van der Waals surface area (Å²) in [5.41, 5.74) is 6.35. The molecule has 0 spiro atoms. The Labute approximate surface area is 148 Å². The number of hydrogen-bond donors (Lipinski definition) is 3. The summed E-state index contributed by atoms with van der Waals surface area (Å²) < 4.78 is 0. The van der Waals surface area contributed by atoms with Crippen LogP contribution in [0.25, 0.3) is 0 Å². The molecule has 5 nitrogen and oxygen atoms in total. The lowest BCUT2D eigenvalue weighted by molar-refractivity contribution is -0.128. The molecule has 23 heavy (non-hydrogen) atoms. The molecule has 1 aromatic rings. The third-order valence-corrected chi connectivity index (χ3v) is 3.79. The highest BCUT2D eigenvalue weighted by molar-refractivity contribution is 7.98. The molecule has 0 aromatic heterocycles. The Bertz CT molecular complexity index is 460. The van der Waals surface area contributed by atoms with Gasteiger partial charge >= 0.3 is 0 Å². The Morgan fingerprint density at radius 2 is 1.96 bits per heavy atom. The standard InChI is InChI=1S/C16H25N3O2S.ClH/c1-22-11-8-14(16(21)18-10-5-9-17)19-15(20)12-13-6-3-2-4-7-13;/h2-4,6-7,14H,5,8-12,17H2,1H3,(H,18,21)(H,19,20);1H. The second-order valence-corrected chi connectivity index (χ2v) is 5.98. The number of nitrogens with two attached hydrogens (primary N) is 1. The van der Waals surface area contributed by atoms with Crippen LogP contribution in [0.4, 0.5) is 0 Å². The van der Waals surface area contributed by atoms with Crippen molar-refractivity contribution in [2.45, 2.75) is 25.3 Å². The average Bonchev–Trinajstić information content (AvgIpc) is 2.52. The lowest BCUT2D eigenvalue weighted by Crippen LogP contribution is -2.47. The fraction of sp³-hybridized carbons (Fsp3) is 0.500. The largest absolute Gasteiger partial charge is 0.354 e. The van der Waals surface area contributed by atoms with E-state index in [1.54, 1.807) is 11.8 Å². The van der Waals surface area contributed by atoms with Gasteiger partial charge in [0.25, 0.3) is 0 Å². The maximum atomic E-state index is 12.1. The fourth-order valence-corrected chi connectivity index (χ4v) is 2.44. The van der Waals surface area contributed by atoms with Crippen molar-refractivity contribution >= 4 is 36.0 Å². The smallest absolute Gasteiger partial charge is 0.242 e. The van der Waals surface area contributed by atoms with Crippen molar-refractivity contribution in [3.63, 3.8) is 0 Å². The first-order chi connectivity index (χ1) is 10.7. The Morgan fingerprint density at radius 3 is 2.57 bits per heavy atom. The first kappa shape index (κ1) is 21.8. The second-order valence-electron chi connectivity index (χ2n) is 5.00. The molecule has 0 aliphatic heterocycles. The highest BCUT2D eigenvalue weighted by Crippen LogP contribution is 2.03. The minimum absolute atomic E-state index is 0. The van der Waals surface area contributed by atoms with E-state index in [1.165, 1.54) is 0 Å². The number of hydrogen-bond acceptors (Lipinski definition) is 4. The maximum Gasteiger partial charge on any atom is 0.242 e. The summed E-state index contributed by atoms with van der Waals surface area (Å²) in [6, 6.07) is 9.02. The van der Waals surface area contributed by atoms with Crippen LogP contribution in [-0.4, -0.2) is 43.0 Å². The van der Waals surface area contributed by atoms with Crippen LogP contribution in [0.1, 0.15) is 18.4 Å². The molecule has 4 N–H and O–H groups in total. The summed E-state index contributed by atoms with van der Waals surface area (Å²) in [7, 11) is 0. The number of carbonyl (C=O) groups excluding carboxylic acids is 2. The van der Waals surface area contributed by atoms with Gasteiger partial charge in [-0.15, -0.1) is 12.4 Å². The van der Waals surface area contributed by atoms with Crippen molar-refractivity contribution in [2.24, 2.45) is 5.73 Å². The number of thioether (sulfide) groups is 1. The summed E-state index contributed by atoms with van der Waals surface area (Å²) >= 11 is 1.66. The van der Waals surface area contributed by atoms with Gasteiger partial charge in [-0.3, -0.25) is 9.59 Å². The SMILES string of the molecule is CSCCC(NC(=O)Cc1ccccc1)C(=O)NCCCN.Cl. The monoisotopic (exact) mass is 359 g/mol. The van der Waals surface area contributed by atoms with E-state index in [0.717, 1.165) is 17.7 Å². The van der Waals surface area contributed by atoms with Gasteiger partial charge in [-0.1, -0.05) is 30.3 Å². The molecule has 0 aliphatic carbocycles. The number of carbonyl (C=O) groups is 2. The van der Waals surface area contributed by atoms with Crippen LogP contribution in [0.5, 0.6) is 0 Å². The first-order valence-corrected chi connectivity index (χ1v) is 8.86. The van der Waals surface area contributed by atoms with E-state index in [2.05, 4.69) is 10.6 Å². The number of amides is 2. The molecular formula is C16H26ClN3O2S. The van der Waals surface area contributed by atoms with Crippen LogP contribution in [0.15, 0.2) is 30.3 Å². The Balaban J connectivity index is 0.00000484. The van der Waals surface area contributed by atoms with Crippen molar-refractivity contribution in [2.75, 3.05) is 25.1 Å². The van der Waals surface area contributed by atoms with Gasteiger partial charge < -0.3 is 16.4 Å². The van der Waals surface area contributed by atoms with Crippen LogP contribution in [0, 0.1) is 0 Å². The van der Waals surface area contributed by atoms with Gasteiger partial charge in [0.15, 0.2) is 0 Å². The van der Waals surface area contributed by atoms with Gasteiger partial charge in [-0.25, -0.2) is 0 Å². The zero-order valence-corrected chi connectivity index (χ0v) is 15.1. The molecule has 2 amide bonds. The van der Waals surface area contributed by atoms with E-state index in [0.29, 0.717) is 19.5 Å². The van der Waals surface area contributed by atoms with Crippen molar-refractivity contribution < 1.29 is 9.59 Å². The van der Waals surface area contributed by atoms with Gasteiger partial charge in [0.2, 0.25) is 11.8 Å². The molecule has 1 rings (SSSR count). The normalized spacial score (nSPS) is 11.2. The highest BCUT2D eigenvalue weighted by atomic mass is 35.5. The molecule has 7 heteroatoms. The van der Waals surface area contributed by atoms with Gasteiger partial charge in [0.05, 0.1) is 6.42 Å². The predicted molar refractivity (Wildman–Crippen MR) is 99.0 cm³/mol. The van der Waals surface area contributed by atoms with Crippen molar-refractivity contribution in [1.29, 1.82) is 0 Å². The molecule has 1 unspecified atom stereocenters. The quantitative estimate of drug-likeness (QED) is 0.551. The van der Waals surface area contributed by atoms with Crippen LogP contribution >= 0.6 is 24.2 Å². The zero-order valence-electron chi connectivity index (χ0n) is 13.4. The average molecular weight is 360 g/mol. The molecule has 0 saturated carbocycles. The Kier molecular flexibility index (Phi) is 12.5. The predicted octanol–water partition coefficient (Wildman–Crippen LogP) is 1.35. The molecule has 0 saturated heterocycles. The molecule has 0 heterocycles. The van der Waals surface area contributed by atoms with Gasteiger partial charge in [0.1, 0.15) is 6.04 Å². The molecule has 0 aliphatic rings. The van der Waals surface area contributed by atoms with E-state index >= 15 is 0 Å². The molecule has 0 fully saturated rings. The molecule has 0 radical (unpaired) electrons. The third kappa shape index (κ3) is 9.48. The molecule has 1 aromatic carbocycles. The summed E-state index contributed by atoms with van der Waals surface area (Å²) in [5, 5.41) is 5.65. The van der Waals surface area contributed by atoms with Gasteiger partial charge in [-0.05, 0) is 37.0 Å². The highest BCUT2D eigenvalue weighted by Gasteiger charge is 2.19. The second kappa shape index (κ2) is 13.2. The van der Waals surface area contributed by atoms with Crippen LogP contribution in [0.3, 0.4) is 0 Å². The van der Waals surface area contributed by atoms with Gasteiger partial charge in [-0.2, -0.15) is 11.8 Å². The van der Waals surface area contributed by atoms with Crippen molar-refractivity contribution in [3.8, 4) is 0 Å². The van der Waals surface area contributed by atoms with Crippen molar-refractivity contribution in [1.82, 2.24) is 10.6 Å². The van der Waals surface area contributed by atoms with E-state index in [1.807, 2.05) is 36.6 Å². The molecule has 1 atom stereocenters. The first-order valence-electron chi connectivity index (χ1n) is 7.47. The molecular weight excluding hydrogens is 334 g/mol. The molecule has 130 valence electrons. The summed E-state index contributed by atoms with van der Waals surface area (Å²) in [6.45, 7) is 1.08. The fourth-order valence-electron chi connectivity index (χ4n) is 1.97. The summed E-state index contributed by atoms with van der Waals surface area (Å²) in [6.07, 6.45) is 3.62. The maximum absolute atomic E-state index is 12.1. The number of halogens is 1. The van der Waals surface area contributed by atoms with Crippen LogP contribution in [0.2, 0.25) is 0 Å². The van der Waals surface area contributed by atoms with E-state index in [-0.39, 0.29) is 30.6 Å². The van der Waals surface area contributed by atoms with E-state index < -0.39 is 6.04 Å². The minimum Gasteiger partial charge on any atom is -0.354 e. The van der Waals surface area contributed by atoms with Crippen LogP contribution < -0.4 is 16.4 Å². The number of benzene rings is 1. The minimum atomic E-state index is -0.485. The molecule has 0 bridgehead atoms. The summed E-state index contributed by atoms with van der Waals surface area (Å²) in [5.74, 6) is 0.552. The lowest BCUT2D eigenvalue weighted by Gasteiger charge is -2.18. The lowest BCUT2D eigenvalue weighted by atomic mass is 10.1. The van der Waals surface area contributed by atoms with E-state index in [4.69, 9.17) is 5.73 Å². The zero-order chi connectivity index (χ0) is 16.2. The van der Waals surface area contributed by atoms with Gasteiger partial charge in [0, 0.05) is 6.54 Å². The van der Waals surface area contributed by atoms with Crippen LogP contribution in [-0.2, 0) is 16.0 Å². The van der Waals surface area contributed by atoms with Crippen molar-refractivity contribution in [3.05, 3.63) is 35.9 Å². The number of rotatable bonds is 10. The topological polar surface area (TPSA) is 84.2 Å². The Hall–Kier alpha value is -1.24. The number of nitrogens with one attached hydrogen (secondary N) is 2. The third-order valence-electron chi connectivity index (χ3n) is 3.15. The van der Waals surface area contributed by atoms with E-state index in [9.17, 15) is 9.59 Å². The summed E-state index contributed by atoms with van der Waals surface area (Å²) in [4.78, 5) is 24.2. The Morgan fingerprint density at radius 1 is 1.26 bits per heavy atom.